The van der Waals surface area contributed by atoms with Crippen molar-refractivity contribution in [2.24, 2.45) is 0 Å². The van der Waals surface area contributed by atoms with Crippen LogP contribution < -0.4 is 9.47 Å². The Labute approximate surface area is 191 Å². The van der Waals surface area contributed by atoms with Crippen LogP contribution in [-0.2, 0) is 4.79 Å². The first-order chi connectivity index (χ1) is 15.4. The minimum Gasteiger partial charge on any atom is -0.494 e. The third-order valence-electron chi connectivity index (χ3n) is 5.71. The van der Waals surface area contributed by atoms with Crippen molar-refractivity contribution in [1.82, 2.24) is 9.80 Å². The Bertz CT molecular complexity index is 893. The van der Waals surface area contributed by atoms with Crippen LogP contribution in [0.1, 0.15) is 56.0 Å². The van der Waals surface area contributed by atoms with Crippen molar-refractivity contribution < 1.29 is 19.1 Å². The monoisotopic (exact) mass is 438 g/mol. The normalized spacial score (nSPS) is 15.3. The van der Waals surface area contributed by atoms with Crippen molar-refractivity contribution in [3.8, 4) is 11.5 Å². The van der Waals surface area contributed by atoms with E-state index in [0.717, 1.165) is 12.2 Å². The molecule has 0 aliphatic carbocycles. The van der Waals surface area contributed by atoms with Crippen molar-refractivity contribution in [2.45, 2.75) is 46.1 Å². The highest BCUT2D eigenvalue weighted by atomic mass is 16.5. The average molecular weight is 439 g/mol. The maximum atomic E-state index is 13.0. The molecule has 1 aliphatic rings. The summed E-state index contributed by atoms with van der Waals surface area (Å²) >= 11 is 0. The quantitative estimate of drug-likeness (QED) is 0.645. The Kier molecular flexibility index (Phi) is 8.14. The molecule has 1 aliphatic heterocycles. The lowest BCUT2D eigenvalue weighted by Gasteiger charge is -2.25. The van der Waals surface area contributed by atoms with Crippen LogP contribution in [0.4, 0.5) is 0 Å². The van der Waals surface area contributed by atoms with Crippen LogP contribution in [0.15, 0.2) is 48.5 Å². The van der Waals surface area contributed by atoms with Gasteiger partial charge >= 0.3 is 0 Å². The van der Waals surface area contributed by atoms with Crippen LogP contribution in [-0.4, -0.2) is 60.5 Å². The number of nitrogens with zero attached hydrogens (tertiary/aromatic N) is 2. The van der Waals surface area contributed by atoms with Crippen LogP contribution in [0.25, 0.3) is 0 Å². The van der Waals surface area contributed by atoms with Crippen LogP contribution in [0.5, 0.6) is 11.5 Å². The Morgan fingerprint density at radius 1 is 0.844 bits per heavy atom. The van der Waals surface area contributed by atoms with E-state index in [4.69, 9.17) is 9.47 Å². The number of ether oxygens (including phenoxy) is 2. The molecule has 1 unspecified atom stereocenters. The molecule has 0 spiro atoms. The van der Waals surface area contributed by atoms with E-state index in [1.807, 2.05) is 48.2 Å². The number of hydrogen-bond acceptors (Lipinski definition) is 4. The molecule has 2 aromatic rings. The summed E-state index contributed by atoms with van der Waals surface area (Å²) in [5.41, 5.74) is 1.87. The summed E-state index contributed by atoms with van der Waals surface area (Å²) in [4.78, 5) is 29.5. The Morgan fingerprint density at radius 3 is 2.06 bits per heavy atom. The van der Waals surface area contributed by atoms with Gasteiger partial charge in [0.05, 0.1) is 6.61 Å². The van der Waals surface area contributed by atoms with E-state index >= 15 is 0 Å². The number of hydrogen-bond donors (Lipinski definition) is 0. The van der Waals surface area contributed by atoms with Gasteiger partial charge in [0.1, 0.15) is 11.5 Å². The molecule has 2 amide bonds. The largest absolute Gasteiger partial charge is 0.494 e. The third-order valence-corrected chi connectivity index (χ3v) is 5.71. The van der Waals surface area contributed by atoms with Gasteiger partial charge in [0.15, 0.2) is 6.10 Å². The van der Waals surface area contributed by atoms with E-state index in [1.54, 1.807) is 24.0 Å². The van der Waals surface area contributed by atoms with Gasteiger partial charge in [-0.1, -0.05) is 26.0 Å². The smallest absolute Gasteiger partial charge is 0.263 e. The van der Waals surface area contributed by atoms with Gasteiger partial charge in [-0.05, 0) is 68.1 Å². The number of carbonyl (C=O) groups is 2. The predicted octanol–water partition coefficient (Wildman–Crippen LogP) is 4.35. The number of amides is 2. The summed E-state index contributed by atoms with van der Waals surface area (Å²) in [6.07, 6.45) is 0.165. The maximum Gasteiger partial charge on any atom is 0.263 e. The number of carbonyl (C=O) groups excluding carboxylic acids is 2. The molecular formula is C26H34N2O4. The number of benzene rings is 2. The summed E-state index contributed by atoms with van der Waals surface area (Å²) < 4.78 is 11.3. The second-order valence-electron chi connectivity index (χ2n) is 8.41. The van der Waals surface area contributed by atoms with Gasteiger partial charge in [-0.25, -0.2) is 0 Å². The predicted molar refractivity (Wildman–Crippen MR) is 125 cm³/mol. The van der Waals surface area contributed by atoms with Gasteiger partial charge in [-0.15, -0.1) is 0 Å². The minimum atomic E-state index is -0.576. The summed E-state index contributed by atoms with van der Waals surface area (Å²) in [7, 11) is 0. The van der Waals surface area contributed by atoms with E-state index in [2.05, 4.69) is 13.8 Å². The average Bonchev–Trinajstić information content (AvgIpc) is 3.05. The van der Waals surface area contributed by atoms with E-state index in [-0.39, 0.29) is 11.8 Å². The van der Waals surface area contributed by atoms with E-state index in [9.17, 15) is 9.59 Å². The molecule has 1 saturated heterocycles. The van der Waals surface area contributed by atoms with Crippen molar-refractivity contribution >= 4 is 11.8 Å². The molecule has 1 heterocycles. The Balaban J connectivity index is 1.55. The minimum absolute atomic E-state index is 0.0168. The highest BCUT2D eigenvalue weighted by molar-refractivity contribution is 5.94. The molecule has 2 aromatic carbocycles. The fraction of sp³-hybridized carbons (Fsp3) is 0.462. The summed E-state index contributed by atoms with van der Waals surface area (Å²) in [5.74, 6) is 1.83. The van der Waals surface area contributed by atoms with Gasteiger partial charge in [0.2, 0.25) is 0 Å². The molecule has 0 saturated carbocycles. The maximum absolute atomic E-state index is 13.0. The van der Waals surface area contributed by atoms with Gasteiger partial charge in [0.25, 0.3) is 11.8 Å². The zero-order valence-corrected chi connectivity index (χ0v) is 19.5. The molecule has 6 nitrogen and oxygen atoms in total. The van der Waals surface area contributed by atoms with E-state index in [0.29, 0.717) is 50.0 Å². The van der Waals surface area contributed by atoms with Gasteiger partial charge < -0.3 is 19.3 Å². The molecular weight excluding hydrogens is 404 g/mol. The molecule has 1 atom stereocenters. The molecule has 3 rings (SSSR count). The summed E-state index contributed by atoms with van der Waals surface area (Å²) in [5, 5.41) is 0. The highest BCUT2D eigenvalue weighted by Crippen LogP contribution is 2.20. The van der Waals surface area contributed by atoms with Crippen molar-refractivity contribution in [3.05, 3.63) is 59.7 Å². The second-order valence-corrected chi connectivity index (χ2v) is 8.41. The standard InChI is InChI=1S/C26H34N2O4/c1-5-31-23-11-9-22(10-12-23)26(30)28-16-6-15-27(17-18-28)25(29)20(4)32-24-13-7-21(8-14-24)19(2)3/h7-14,19-20H,5-6,15-18H2,1-4H3. The van der Waals surface area contributed by atoms with Crippen LogP contribution >= 0.6 is 0 Å². The van der Waals surface area contributed by atoms with Gasteiger partial charge in [-0.2, -0.15) is 0 Å². The lowest BCUT2D eigenvalue weighted by atomic mass is 10.0. The third kappa shape index (κ3) is 6.02. The highest BCUT2D eigenvalue weighted by Gasteiger charge is 2.26. The Morgan fingerprint density at radius 2 is 1.44 bits per heavy atom. The van der Waals surface area contributed by atoms with E-state index in [1.165, 1.54) is 5.56 Å². The zero-order chi connectivity index (χ0) is 23.1. The molecule has 6 heteroatoms. The van der Waals surface area contributed by atoms with Crippen molar-refractivity contribution in [3.63, 3.8) is 0 Å². The number of rotatable bonds is 7. The van der Waals surface area contributed by atoms with E-state index < -0.39 is 6.10 Å². The lowest BCUT2D eigenvalue weighted by molar-refractivity contribution is -0.137. The first-order valence-electron chi connectivity index (χ1n) is 11.5. The fourth-order valence-electron chi connectivity index (χ4n) is 3.83. The molecule has 0 bridgehead atoms. The SMILES string of the molecule is CCOc1ccc(C(=O)N2CCCN(C(=O)C(C)Oc3ccc(C(C)C)cc3)CC2)cc1. The fourth-order valence-corrected chi connectivity index (χ4v) is 3.83. The second kappa shape index (κ2) is 11.0. The van der Waals surface area contributed by atoms with Crippen molar-refractivity contribution in [2.75, 3.05) is 32.8 Å². The summed E-state index contributed by atoms with van der Waals surface area (Å²) in [6, 6.07) is 15.1. The molecule has 0 aromatic heterocycles. The van der Waals surface area contributed by atoms with Crippen LogP contribution in [0, 0.1) is 0 Å². The molecule has 1 fully saturated rings. The zero-order valence-electron chi connectivity index (χ0n) is 19.5. The van der Waals surface area contributed by atoms with Crippen LogP contribution in [0.2, 0.25) is 0 Å². The molecule has 0 N–H and O–H groups in total. The lowest BCUT2D eigenvalue weighted by Crippen LogP contribution is -2.43. The Hall–Kier alpha value is -3.02. The van der Waals surface area contributed by atoms with Gasteiger partial charge in [0, 0.05) is 31.7 Å². The first kappa shape index (κ1) is 23.6. The van der Waals surface area contributed by atoms with Gasteiger partial charge in [-0.3, -0.25) is 9.59 Å². The van der Waals surface area contributed by atoms with Crippen molar-refractivity contribution in [1.29, 1.82) is 0 Å². The summed E-state index contributed by atoms with van der Waals surface area (Å²) in [6.45, 7) is 10.8. The molecule has 172 valence electrons. The molecule has 0 radical (unpaired) electrons. The topological polar surface area (TPSA) is 59.1 Å². The van der Waals surface area contributed by atoms with Crippen LogP contribution in [0.3, 0.4) is 0 Å². The first-order valence-corrected chi connectivity index (χ1v) is 11.5. The molecule has 32 heavy (non-hydrogen) atoms.